The number of hydrogen-bond acceptors (Lipinski definition) is 2. The van der Waals surface area contributed by atoms with E-state index >= 15 is 0 Å². The van der Waals surface area contributed by atoms with Crippen molar-refractivity contribution in [2.24, 2.45) is 0 Å². The van der Waals surface area contributed by atoms with Gasteiger partial charge in [-0.25, -0.2) is 4.79 Å². The van der Waals surface area contributed by atoms with Crippen molar-refractivity contribution in [1.29, 1.82) is 0 Å². The first-order chi connectivity index (χ1) is 11.1. The average molecular weight is 307 g/mol. The van der Waals surface area contributed by atoms with Crippen molar-refractivity contribution >= 4 is 16.7 Å². The van der Waals surface area contributed by atoms with E-state index in [0.29, 0.717) is 11.9 Å². The third kappa shape index (κ3) is 3.01. The molecule has 116 valence electrons. The number of carboxylic acids is 1. The Labute approximate surface area is 133 Å². The van der Waals surface area contributed by atoms with Gasteiger partial charge in [0, 0.05) is 11.6 Å². The highest BCUT2D eigenvalue weighted by Gasteiger charge is 2.07. The molecule has 1 aromatic heterocycles. The highest BCUT2D eigenvalue weighted by Crippen LogP contribution is 2.14. The maximum Gasteiger partial charge on any atom is 0.335 e. The summed E-state index contributed by atoms with van der Waals surface area (Å²) in [4.78, 5) is 23.6. The SMILES string of the molecule is CCc1ccc2c(=O)n(Cc3cccc(C(=O)O)c3)ccc2c1. The van der Waals surface area contributed by atoms with E-state index in [2.05, 4.69) is 6.92 Å². The maximum atomic E-state index is 12.6. The third-order valence-electron chi connectivity index (χ3n) is 3.98. The van der Waals surface area contributed by atoms with Gasteiger partial charge in [-0.1, -0.05) is 31.2 Å². The molecule has 0 fully saturated rings. The van der Waals surface area contributed by atoms with Crippen LogP contribution in [-0.2, 0) is 13.0 Å². The van der Waals surface area contributed by atoms with E-state index in [-0.39, 0.29) is 11.1 Å². The first-order valence-electron chi connectivity index (χ1n) is 7.53. The van der Waals surface area contributed by atoms with Crippen LogP contribution < -0.4 is 5.56 Å². The van der Waals surface area contributed by atoms with Crippen LogP contribution in [0.4, 0.5) is 0 Å². The lowest BCUT2D eigenvalue weighted by Gasteiger charge is -2.09. The van der Waals surface area contributed by atoms with Gasteiger partial charge in [0.05, 0.1) is 12.1 Å². The van der Waals surface area contributed by atoms with E-state index in [0.717, 1.165) is 17.4 Å². The molecule has 0 radical (unpaired) electrons. The highest BCUT2D eigenvalue weighted by atomic mass is 16.4. The topological polar surface area (TPSA) is 59.3 Å². The van der Waals surface area contributed by atoms with Gasteiger partial charge in [-0.15, -0.1) is 0 Å². The Balaban J connectivity index is 2.01. The summed E-state index contributed by atoms with van der Waals surface area (Å²) >= 11 is 0. The second kappa shape index (κ2) is 6.08. The van der Waals surface area contributed by atoms with E-state index in [9.17, 15) is 9.59 Å². The molecule has 0 saturated carbocycles. The van der Waals surface area contributed by atoms with Crippen molar-refractivity contribution in [2.45, 2.75) is 19.9 Å². The fourth-order valence-electron chi connectivity index (χ4n) is 2.68. The fourth-order valence-corrected chi connectivity index (χ4v) is 2.68. The summed E-state index contributed by atoms with van der Waals surface area (Å²) in [5, 5.41) is 10.7. The van der Waals surface area contributed by atoms with Crippen LogP contribution in [0.5, 0.6) is 0 Å². The van der Waals surface area contributed by atoms with Gasteiger partial charge in [0.2, 0.25) is 0 Å². The van der Waals surface area contributed by atoms with Crippen LogP contribution in [0.2, 0.25) is 0 Å². The molecule has 4 heteroatoms. The predicted octanol–water partition coefficient (Wildman–Crippen LogP) is 3.31. The number of hydrogen-bond donors (Lipinski definition) is 1. The highest BCUT2D eigenvalue weighted by molar-refractivity contribution is 5.87. The smallest absolute Gasteiger partial charge is 0.335 e. The number of fused-ring (bicyclic) bond motifs is 1. The molecule has 1 N–H and O–H groups in total. The lowest BCUT2D eigenvalue weighted by molar-refractivity contribution is 0.0696. The van der Waals surface area contributed by atoms with E-state index < -0.39 is 5.97 Å². The van der Waals surface area contributed by atoms with Crippen molar-refractivity contribution in [3.63, 3.8) is 0 Å². The summed E-state index contributed by atoms with van der Waals surface area (Å²) in [6.07, 6.45) is 2.69. The van der Waals surface area contributed by atoms with Crippen molar-refractivity contribution in [3.05, 3.63) is 81.8 Å². The number of carboxylic acid groups (broad SMARTS) is 1. The minimum atomic E-state index is -0.968. The number of rotatable bonds is 4. The molecular formula is C19H17NO3. The number of aromatic nitrogens is 1. The summed E-state index contributed by atoms with van der Waals surface area (Å²) in [5.41, 5.74) is 2.15. The van der Waals surface area contributed by atoms with Crippen LogP contribution in [-0.4, -0.2) is 15.6 Å². The molecule has 0 saturated heterocycles. The molecule has 0 aliphatic carbocycles. The molecule has 0 spiro atoms. The maximum absolute atomic E-state index is 12.6. The molecule has 0 unspecified atom stereocenters. The van der Waals surface area contributed by atoms with Gasteiger partial charge < -0.3 is 9.67 Å². The molecule has 0 amide bonds. The predicted molar refractivity (Wildman–Crippen MR) is 90.1 cm³/mol. The van der Waals surface area contributed by atoms with Crippen molar-refractivity contribution in [3.8, 4) is 0 Å². The largest absolute Gasteiger partial charge is 0.478 e. The number of nitrogens with zero attached hydrogens (tertiary/aromatic N) is 1. The summed E-state index contributed by atoms with van der Waals surface area (Å²) in [6, 6.07) is 14.4. The van der Waals surface area contributed by atoms with Gasteiger partial charge in [0.15, 0.2) is 0 Å². The van der Waals surface area contributed by atoms with Crippen molar-refractivity contribution in [2.75, 3.05) is 0 Å². The normalized spacial score (nSPS) is 10.8. The Morgan fingerprint density at radius 2 is 1.91 bits per heavy atom. The van der Waals surface area contributed by atoms with E-state index in [1.807, 2.05) is 30.3 Å². The molecule has 23 heavy (non-hydrogen) atoms. The Hall–Kier alpha value is -2.88. The monoisotopic (exact) mass is 307 g/mol. The van der Waals surface area contributed by atoms with Gasteiger partial charge in [0.1, 0.15) is 0 Å². The van der Waals surface area contributed by atoms with E-state index in [4.69, 9.17) is 5.11 Å². The third-order valence-corrected chi connectivity index (χ3v) is 3.98. The summed E-state index contributed by atoms with van der Waals surface area (Å²) in [7, 11) is 0. The molecule has 0 aliphatic rings. The summed E-state index contributed by atoms with van der Waals surface area (Å²) in [5.74, 6) is -0.968. The zero-order valence-corrected chi connectivity index (χ0v) is 12.8. The van der Waals surface area contributed by atoms with Crippen molar-refractivity contribution in [1.82, 2.24) is 4.57 Å². The summed E-state index contributed by atoms with van der Waals surface area (Å²) < 4.78 is 1.61. The van der Waals surface area contributed by atoms with E-state index in [1.165, 1.54) is 5.56 Å². The van der Waals surface area contributed by atoms with Gasteiger partial charge in [0.25, 0.3) is 5.56 Å². The first kappa shape index (κ1) is 15.0. The zero-order valence-electron chi connectivity index (χ0n) is 12.8. The minimum Gasteiger partial charge on any atom is -0.478 e. The number of carbonyl (C=O) groups is 1. The Kier molecular flexibility index (Phi) is 3.98. The Morgan fingerprint density at radius 3 is 2.65 bits per heavy atom. The van der Waals surface area contributed by atoms with Crippen LogP contribution >= 0.6 is 0 Å². The Bertz CT molecular complexity index is 941. The fraction of sp³-hybridized carbons (Fsp3) is 0.158. The minimum absolute atomic E-state index is 0.0640. The number of aryl methyl sites for hydroxylation is 1. The molecule has 0 atom stereocenters. The molecule has 0 bridgehead atoms. The number of aromatic carboxylic acids is 1. The average Bonchev–Trinajstić information content (AvgIpc) is 2.57. The molecule has 1 heterocycles. The number of pyridine rings is 1. The lowest BCUT2D eigenvalue weighted by Crippen LogP contribution is -2.20. The van der Waals surface area contributed by atoms with Crippen LogP contribution in [0.1, 0.15) is 28.4 Å². The first-order valence-corrected chi connectivity index (χ1v) is 7.53. The standard InChI is InChI=1S/C19H17NO3/c1-2-13-6-7-17-15(10-13)8-9-20(18(17)21)12-14-4-3-5-16(11-14)19(22)23/h3-11H,2,12H2,1H3,(H,22,23). The second-order valence-electron chi connectivity index (χ2n) is 5.53. The lowest BCUT2D eigenvalue weighted by atomic mass is 10.1. The number of benzene rings is 2. The quantitative estimate of drug-likeness (QED) is 0.804. The zero-order chi connectivity index (χ0) is 16.4. The van der Waals surface area contributed by atoms with Gasteiger partial charge in [-0.05, 0) is 47.2 Å². The van der Waals surface area contributed by atoms with Gasteiger partial charge >= 0.3 is 5.97 Å². The second-order valence-corrected chi connectivity index (χ2v) is 5.53. The van der Waals surface area contributed by atoms with Gasteiger partial charge in [-0.3, -0.25) is 4.79 Å². The van der Waals surface area contributed by atoms with Crippen LogP contribution in [0.25, 0.3) is 10.8 Å². The molecule has 3 aromatic rings. The Morgan fingerprint density at radius 1 is 1.09 bits per heavy atom. The molecule has 3 rings (SSSR count). The molecule has 4 nitrogen and oxygen atoms in total. The molecule has 2 aromatic carbocycles. The van der Waals surface area contributed by atoms with Crippen molar-refractivity contribution < 1.29 is 9.90 Å². The van der Waals surface area contributed by atoms with Gasteiger partial charge in [-0.2, -0.15) is 0 Å². The van der Waals surface area contributed by atoms with Crippen LogP contribution in [0.3, 0.4) is 0 Å². The molecular weight excluding hydrogens is 290 g/mol. The van der Waals surface area contributed by atoms with E-state index in [1.54, 1.807) is 29.0 Å². The van der Waals surface area contributed by atoms with Crippen LogP contribution in [0, 0.1) is 0 Å². The summed E-state index contributed by atoms with van der Waals surface area (Å²) in [6.45, 7) is 2.43. The molecule has 0 aliphatic heterocycles. The van der Waals surface area contributed by atoms with Crippen LogP contribution in [0.15, 0.2) is 59.5 Å².